The molecule has 1 aromatic heterocycles. The number of carbonyl (C=O) groups is 1. The van der Waals surface area contributed by atoms with Gasteiger partial charge in [-0.2, -0.15) is 5.10 Å². The first-order valence-electron chi connectivity index (χ1n) is 9.43. The van der Waals surface area contributed by atoms with Crippen LogP contribution in [0.25, 0.3) is 22.2 Å². The smallest absolute Gasteiger partial charge is 0.271 e. The molecule has 2 N–H and O–H groups in total. The fourth-order valence-electron chi connectivity index (χ4n) is 3.33. The summed E-state index contributed by atoms with van der Waals surface area (Å²) in [5.74, 6) is 0.703. The molecular weight excluding hydrogens is 378 g/mol. The van der Waals surface area contributed by atoms with Crippen LogP contribution in [-0.4, -0.2) is 31.3 Å². The number of fused-ring (bicyclic) bond motifs is 1. The van der Waals surface area contributed by atoms with E-state index in [0.29, 0.717) is 17.1 Å². The monoisotopic (exact) mass is 399 g/mol. The highest BCUT2D eigenvalue weighted by Gasteiger charge is 2.12. The van der Waals surface area contributed by atoms with E-state index in [2.05, 4.69) is 15.5 Å². The third kappa shape index (κ3) is 3.75. The second-order valence-electron chi connectivity index (χ2n) is 6.59. The number of nitrogens with one attached hydrogen (secondary N) is 2. The lowest BCUT2D eigenvalue weighted by Crippen LogP contribution is -2.17. The molecule has 0 aliphatic heterocycles. The number of amides is 1. The van der Waals surface area contributed by atoms with Gasteiger partial charge in [-0.25, -0.2) is 5.43 Å². The molecule has 4 rings (SSSR count). The highest BCUT2D eigenvalue weighted by molar-refractivity contribution is 6.06. The van der Waals surface area contributed by atoms with Crippen molar-refractivity contribution in [3.05, 3.63) is 83.9 Å². The van der Waals surface area contributed by atoms with Crippen LogP contribution in [0.2, 0.25) is 0 Å². The molecule has 0 atom stereocenters. The van der Waals surface area contributed by atoms with E-state index < -0.39 is 0 Å². The number of aromatic nitrogens is 1. The summed E-state index contributed by atoms with van der Waals surface area (Å²) < 4.78 is 10.5. The molecule has 1 heterocycles. The Bertz CT molecular complexity index is 1210. The predicted octanol–water partition coefficient (Wildman–Crippen LogP) is 4.62. The summed E-state index contributed by atoms with van der Waals surface area (Å²) in [6, 6.07) is 23.0. The molecule has 0 aliphatic carbocycles. The molecular formula is C24H21N3O3. The van der Waals surface area contributed by atoms with Crippen molar-refractivity contribution in [1.29, 1.82) is 0 Å². The van der Waals surface area contributed by atoms with Gasteiger partial charge in [0.15, 0.2) is 11.5 Å². The van der Waals surface area contributed by atoms with Crippen LogP contribution in [0.3, 0.4) is 0 Å². The van der Waals surface area contributed by atoms with Crippen molar-refractivity contribution in [2.45, 2.75) is 0 Å². The Hall–Kier alpha value is -4.06. The maximum Gasteiger partial charge on any atom is 0.271 e. The fourth-order valence-corrected chi connectivity index (χ4v) is 3.33. The number of hydrogen-bond acceptors (Lipinski definition) is 4. The Morgan fingerprint density at radius 3 is 2.43 bits per heavy atom. The van der Waals surface area contributed by atoms with Gasteiger partial charge in [0.1, 0.15) is 0 Å². The molecule has 1 amide bonds. The number of para-hydroxylation sites is 1. The second kappa shape index (κ2) is 8.53. The van der Waals surface area contributed by atoms with Crippen LogP contribution in [0.4, 0.5) is 0 Å². The molecule has 6 heteroatoms. The molecule has 6 nitrogen and oxygen atoms in total. The Labute approximate surface area is 174 Å². The van der Waals surface area contributed by atoms with E-state index in [4.69, 9.17) is 9.47 Å². The molecule has 0 fully saturated rings. The molecule has 4 aromatic rings. The Balaban J connectivity index is 1.62. The molecule has 0 saturated heterocycles. The number of hydrogen-bond donors (Lipinski definition) is 2. The van der Waals surface area contributed by atoms with Gasteiger partial charge in [0.25, 0.3) is 5.91 Å². The van der Waals surface area contributed by atoms with Crippen molar-refractivity contribution in [1.82, 2.24) is 10.4 Å². The van der Waals surface area contributed by atoms with Crippen LogP contribution in [0.5, 0.6) is 11.5 Å². The van der Waals surface area contributed by atoms with Crippen LogP contribution in [0.15, 0.2) is 77.9 Å². The quantitative estimate of drug-likeness (QED) is 0.367. The first-order valence-corrected chi connectivity index (χ1v) is 9.43. The van der Waals surface area contributed by atoms with E-state index >= 15 is 0 Å². The van der Waals surface area contributed by atoms with E-state index in [9.17, 15) is 4.79 Å². The summed E-state index contributed by atoms with van der Waals surface area (Å²) in [5.41, 5.74) is 6.91. The van der Waals surface area contributed by atoms with Gasteiger partial charge >= 0.3 is 0 Å². The van der Waals surface area contributed by atoms with E-state index in [-0.39, 0.29) is 5.91 Å². The topological polar surface area (TPSA) is 75.7 Å². The van der Waals surface area contributed by atoms with Crippen molar-refractivity contribution in [2.75, 3.05) is 14.2 Å². The molecule has 0 unspecified atom stereocenters. The van der Waals surface area contributed by atoms with Crippen molar-refractivity contribution >= 4 is 23.0 Å². The molecule has 0 radical (unpaired) electrons. The van der Waals surface area contributed by atoms with Crippen LogP contribution >= 0.6 is 0 Å². The summed E-state index contributed by atoms with van der Waals surface area (Å²) in [5, 5.41) is 5.24. The zero-order valence-electron chi connectivity index (χ0n) is 16.7. The minimum atomic E-state index is -0.340. The van der Waals surface area contributed by atoms with Crippen LogP contribution in [-0.2, 0) is 0 Å². The number of methoxy groups -OCH3 is 2. The average Bonchev–Trinajstić information content (AvgIpc) is 3.17. The number of aromatic amines is 1. The number of benzene rings is 3. The number of H-pyrrole nitrogens is 1. The van der Waals surface area contributed by atoms with Crippen molar-refractivity contribution < 1.29 is 14.3 Å². The SMILES string of the molecule is COc1ccc(C(=O)N/N=C/c2c(-c3ccccc3)[nH]c3ccccc23)cc1OC. The largest absolute Gasteiger partial charge is 0.493 e. The molecule has 150 valence electrons. The Kier molecular flexibility index (Phi) is 5.48. The summed E-state index contributed by atoms with van der Waals surface area (Å²) in [7, 11) is 3.08. The standard InChI is InChI=1S/C24H21N3O3/c1-29-21-13-12-17(14-22(21)30-2)24(28)27-25-15-19-18-10-6-7-11-20(18)26-23(19)16-8-4-3-5-9-16/h3-15,26H,1-2H3,(H,27,28)/b25-15+. The lowest BCUT2D eigenvalue weighted by atomic mass is 10.1. The Morgan fingerprint density at radius 2 is 1.67 bits per heavy atom. The van der Waals surface area contributed by atoms with Crippen LogP contribution < -0.4 is 14.9 Å². The molecule has 0 aliphatic rings. The average molecular weight is 399 g/mol. The number of ether oxygens (including phenoxy) is 2. The Morgan fingerprint density at radius 1 is 0.933 bits per heavy atom. The van der Waals surface area contributed by atoms with Crippen molar-refractivity contribution in [3.63, 3.8) is 0 Å². The summed E-state index contributed by atoms with van der Waals surface area (Å²) in [4.78, 5) is 16.0. The number of rotatable bonds is 6. The van der Waals surface area contributed by atoms with E-state index in [0.717, 1.165) is 27.7 Å². The lowest BCUT2D eigenvalue weighted by molar-refractivity contribution is 0.0954. The third-order valence-electron chi connectivity index (χ3n) is 4.81. The number of nitrogens with zero attached hydrogens (tertiary/aromatic N) is 1. The summed E-state index contributed by atoms with van der Waals surface area (Å²) in [6.45, 7) is 0. The van der Waals surface area contributed by atoms with Gasteiger partial charge in [-0.15, -0.1) is 0 Å². The van der Waals surface area contributed by atoms with Crippen LogP contribution in [0.1, 0.15) is 15.9 Å². The van der Waals surface area contributed by atoms with E-state index in [1.807, 2.05) is 54.6 Å². The van der Waals surface area contributed by atoms with Crippen molar-refractivity contribution in [3.8, 4) is 22.8 Å². The highest BCUT2D eigenvalue weighted by atomic mass is 16.5. The molecule has 3 aromatic carbocycles. The van der Waals surface area contributed by atoms with Gasteiger partial charge in [-0.1, -0.05) is 48.5 Å². The molecule has 0 spiro atoms. The van der Waals surface area contributed by atoms with Gasteiger partial charge in [0, 0.05) is 22.0 Å². The first-order chi connectivity index (χ1) is 14.7. The van der Waals surface area contributed by atoms with Gasteiger partial charge in [0.2, 0.25) is 0 Å². The maximum absolute atomic E-state index is 12.5. The van der Waals surface area contributed by atoms with E-state index in [1.165, 1.54) is 7.11 Å². The maximum atomic E-state index is 12.5. The summed E-state index contributed by atoms with van der Waals surface area (Å²) in [6.07, 6.45) is 1.67. The van der Waals surface area contributed by atoms with Crippen molar-refractivity contribution in [2.24, 2.45) is 5.10 Å². The second-order valence-corrected chi connectivity index (χ2v) is 6.59. The molecule has 30 heavy (non-hydrogen) atoms. The van der Waals surface area contributed by atoms with Crippen LogP contribution in [0, 0.1) is 0 Å². The zero-order valence-corrected chi connectivity index (χ0v) is 16.7. The fraction of sp³-hybridized carbons (Fsp3) is 0.0833. The van der Waals surface area contributed by atoms with Gasteiger partial charge < -0.3 is 14.5 Å². The summed E-state index contributed by atoms with van der Waals surface area (Å²) >= 11 is 0. The molecule has 0 saturated carbocycles. The number of carbonyl (C=O) groups excluding carboxylic acids is 1. The van der Waals surface area contributed by atoms with Gasteiger partial charge in [-0.3, -0.25) is 4.79 Å². The minimum Gasteiger partial charge on any atom is -0.493 e. The highest BCUT2D eigenvalue weighted by Crippen LogP contribution is 2.29. The third-order valence-corrected chi connectivity index (χ3v) is 4.81. The van der Waals surface area contributed by atoms with Gasteiger partial charge in [0.05, 0.1) is 26.1 Å². The first kappa shape index (κ1) is 19.3. The number of hydrazone groups is 1. The predicted molar refractivity (Wildman–Crippen MR) is 118 cm³/mol. The van der Waals surface area contributed by atoms with E-state index in [1.54, 1.807) is 31.5 Å². The minimum absolute atomic E-state index is 0.340. The normalized spacial score (nSPS) is 11.0. The lowest BCUT2D eigenvalue weighted by Gasteiger charge is -2.08. The molecule has 0 bridgehead atoms. The zero-order chi connectivity index (χ0) is 20.9. The van der Waals surface area contributed by atoms with Gasteiger partial charge in [-0.05, 0) is 29.8 Å².